The smallest absolute Gasteiger partial charge is 0.0498 e. The van der Waals surface area contributed by atoms with E-state index in [9.17, 15) is 10.2 Å². The van der Waals surface area contributed by atoms with Gasteiger partial charge in [-0.1, -0.05) is 62.3 Å². The molecule has 1 unspecified atom stereocenters. The molecule has 0 radical (unpaired) electrons. The average molecular weight is 519 g/mol. The van der Waals surface area contributed by atoms with E-state index in [0.717, 1.165) is 41.9 Å². The molecule has 0 aromatic carbocycles. The molecule has 2 N–H and O–H groups in total. The first-order valence-corrected chi connectivity index (χ1v) is 16.5. The van der Waals surface area contributed by atoms with Crippen molar-refractivity contribution in [3.8, 4) is 0 Å². The van der Waals surface area contributed by atoms with Gasteiger partial charge in [0, 0.05) is 18.6 Å². The van der Waals surface area contributed by atoms with Crippen molar-refractivity contribution in [2.24, 2.45) is 63.1 Å². The Balaban J connectivity index is 1.95. The highest BCUT2D eigenvalue weighted by atomic mass is 16.3. The first-order valence-electron chi connectivity index (χ1n) is 16.5. The van der Waals surface area contributed by atoms with Gasteiger partial charge in [-0.15, -0.1) is 0 Å². The molecule has 0 aromatic heterocycles. The van der Waals surface area contributed by atoms with Gasteiger partial charge in [0.25, 0.3) is 0 Å². The van der Waals surface area contributed by atoms with Crippen LogP contribution in [0.1, 0.15) is 146 Å². The highest BCUT2D eigenvalue weighted by Crippen LogP contribution is 2.67. The van der Waals surface area contributed by atoms with E-state index in [1.54, 1.807) is 0 Å². The van der Waals surface area contributed by atoms with Crippen LogP contribution in [0.3, 0.4) is 0 Å². The average Bonchev–Trinajstić information content (AvgIpc) is 2.85. The van der Waals surface area contributed by atoms with Gasteiger partial charge in [0.05, 0.1) is 0 Å². The maximum Gasteiger partial charge on any atom is 0.0498 e. The molecule has 0 heterocycles. The van der Waals surface area contributed by atoms with Gasteiger partial charge in [-0.3, -0.25) is 0 Å². The van der Waals surface area contributed by atoms with Crippen molar-refractivity contribution >= 4 is 0 Å². The molecule has 0 aliphatic heterocycles. The molecule has 1 atom stereocenters. The number of aliphatic hydroxyl groups excluding tert-OH is 2. The summed E-state index contributed by atoms with van der Waals surface area (Å²) in [5.41, 5.74) is 0.365. The largest absolute Gasteiger partial charge is 0.396 e. The van der Waals surface area contributed by atoms with Gasteiger partial charge in [0.1, 0.15) is 0 Å². The third kappa shape index (κ3) is 6.16. The predicted molar refractivity (Wildman–Crippen MR) is 159 cm³/mol. The Bertz CT molecular complexity index is 648. The Hall–Kier alpha value is -0.0800. The fourth-order valence-electron chi connectivity index (χ4n) is 9.84. The molecule has 2 nitrogen and oxygen atoms in total. The maximum absolute atomic E-state index is 11.6. The topological polar surface area (TPSA) is 40.5 Å². The molecule has 0 bridgehead atoms. The summed E-state index contributed by atoms with van der Waals surface area (Å²) >= 11 is 0. The van der Waals surface area contributed by atoms with E-state index < -0.39 is 0 Å². The summed E-state index contributed by atoms with van der Waals surface area (Å²) < 4.78 is 0. The van der Waals surface area contributed by atoms with Crippen LogP contribution in [-0.4, -0.2) is 23.4 Å². The lowest BCUT2D eigenvalue weighted by atomic mass is 9.41. The van der Waals surface area contributed by atoms with Crippen LogP contribution < -0.4 is 0 Å². The van der Waals surface area contributed by atoms with Crippen molar-refractivity contribution in [2.75, 3.05) is 13.2 Å². The molecule has 0 aromatic rings. The minimum absolute atomic E-state index is 0.116. The van der Waals surface area contributed by atoms with Crippen LogP contribution in [0.2, 0.25) is 0 Å². The van der Waals surface area contributed by atoms with Crippen molar-refractivity contribution in [1.29, 1.82) is 0 Å². The van der Waals surface area contributed by atoms with E-state index in [4.69, 9.17) is 0 Å². The second-order valence-electron chi connectivity index (χ2n) is 16.3. The molecule has 2 heteroatoms. The Kier molecular flexibility index (Phi) is 10.4. The van der Waals surface area contributed by atoms with Gasteiger partial charge in [-0.25, -0.2) is 0 Å². The second-order valence-corrected chi connectivity index (χ2v) is 16.3. The van der Waals surface area contributed by atoms with Crippen LogP contribution in [0.15, 0.2) is 0 Å². The summed E-state index contributed by atoms with van der Waals surface area (Å²) in [7, 11) is 0. The summed E-state index contributed by atoms with van der Waals surface area (Å²) in [6, 6.07) is 0. The van der Waals surface area contributed by atoms with Crippen molar-refractivity contribution in [2.45, 2.75) is 146 Å². The van der Waals surface area contributed by atoms with Crippen LogP contribution in [0.5, 0.6) is 0 Å². The molecule has 37 heavy (non-hydrogen) atoms. The van der Waals surface area contributed by atoms with E-state index in [0.29, 0.717) is 6.61 Å². The molecule has 3 aliphatic carbocycles. The molecule has 0 amide bonds. The van der Waals surface area contributed by atoms with Crippen LogP contribution in [0, 0.1) is 63.1 Å². The summed E-state index contributed by atoms with van der Waals surface area (Å²) in [6.07, 6.45) is 16.3. The van der Waals surface area contributed by atoms with Gasteiger partial charge in [0.2, 0.25) is 0 Å². The SMILES string of the molecule is CC(C)C1CCC(C)(C(CO)CC(CO)(C2(C)CCC(C(C)C)CC2)C2(C)CCC(C(C)C)CC2)CC1. The van der Waals surface area contributed by atoms with Crippen LogP contribution in [0.25, 0.3) is 0 Å². The summed E-state index contributed by atoms with van der Waals surface area (Å²) in [4.78, 5) is 0. The highest BCUT2D eigenvalue weighted by molar-refractivity contribution is 5.09. The van der Waals surface area contributed by atoms with E-state index in [1.165, 1.54) is 77.0 Å². The van der Waals surface area contributed by atoms with Crippen molar-refractivity contribution in [1.82, 2.24) is 0 Å². The van der Waals surface area contributed by atoms with Crippen molar-refractivity contribution in [3.05, 3.63) is 0 Å². The number of hydrogen-bond donors (Lipinski definition) is 2. The summed E-state index contributed by atoms with van der Waals surface area (Å²) in [5, 5.41) is 22.6. The molecule has 3 saturated carbocycles. The van der Waals surface area contributed by atoms with Crippen molar-refractivity contribution in [3.63, 3.8) is 0 Å². The lowest BCUT2D eigenvalue weighted by Gasteiger charge is -2.63. The zero-order valence-electron chi connectivity index (χ0n) is 26.5. The van der Waals surface area contributed by atoms with E-state index >= 15 is 0 Å². The molecule has 3 fully saturated rings. The minimum atomic E-state index is -0.116. The number of rotatable bonds is 10. The third-order valence-electron chi connectivity index (χ3n) is 13.6. The molecular weight excluding hydrogens is 452 g/mol. The Morgan fingerprint density at radius 1 is 0.595 bits per heavy atom. The van der Waals surface area contributed by atoms with E-state index in [1.807, 2.05) is 0 Å². The van der Waals surface area contributed by atoms with E-state index in [2.05, 4.69) is 62.3 Å². The normalized spacial score (nSPS) is 40.2. The Morgan fingerprint density at radius 3 is 1.19 bits per heavy atom. The van der Waals surface area contributed by atoms with Gasteiger partial charge in [0.15, 0.2) is 0 Å². The summed E-state index contributed by atoms with van der Waals surface area (Å²) in [6.45, 7) is 22.6. The fourth-order valence-corrected chi connectivity index (χ4v) is 9.84. The maximum atomic E-state index is 11.6. The standard InChI is InChI=1S/C35H66O2/c1-25(2)28-10-16-32(7,17-11-28)31(23-36)22-35(24-37,33(8)18-12-29(13-19-33)26(3)4)34(9)20-14-30(15-21-34)27(5)6/h25-31,36-37H,10-24H2,1-9H3. The Labute approximate surface area is 232 Å². The fraction of sp³-hybridized carbons (Fsp3) is 1.00. The lowest BCUT2D eigenvalue weighted by Crippen LogP contribution is -2.58. The predicted octanol–water partition coefficient (Wildman–Crippen LogP) is 9.52. The van der Waals surface area contributed by atoms with Crippen molar-refractivity contribution < 1.29 is 10.2 Å². The van der Waals surface area contributed by atoms with E-state index in [-0.39, 0.29) is 34.2 Å². The first-order chi connectivity index (χ1) is 17.3. The molecule has 0 saturated heterocycles. The Morgan fingerprint density at radius 2 is 0.919 bits per heavy atom. The number of aliphatic hydroxyl groups is 2. The molecule has 3 aliphatic rings. The monoisotopic (exact) mass is 519 g/mol. The third-order valence-corrected chi connectivity index (χ3v) is 13.6. The van der Waals surface area contributed by atoms with Crippen LogP contribution >= 0.6 is 0 Å². The summed E-state index contributed by atoms with van der Waals surface area (Å²) in [5.74, 6) is 5.04. The highest BCUT2D eigenvalue weighted by Gasteiger charge is 2.60. The molecular formula is C35H66O2. The van der Waals surface area contributed by atoms with Gasteiger partial charge >= 0.3 is 0 Å². The zero-order chi connectivity index (χ0) is 27.6. The molecule has 218 valence electrons. The van der Waals surface area contributed by atoms with Crippen LogP contribution in [-0.2, 0) is 0 Å². The van der Waals surface area contributed by atoms with Crippen LogP contribution in [0.4, 0.5) is 0 Å². The quantitative estimate of drug-likeness (QED) is 0.302. The minimum Gasteiger partial charge on any atom is -0.396 e. The number of hydrogen-bond acceptors (Lipinski definition) is 2. The first kappa shape index (κ1) is 31.4. The molecule has 0 spiro atoms. The second kappa shape index (κ2) is 12.2. The van der Waals surface area contributed by atoms with Gasteiger partial charge in [-0.2, -0.15) is 0 Å². The zero-order valence-corrected chi connectivity index (χ0v) is 26.5. The molecule has 3 rings (SSSR count). The van der Waals surface area contributed by atoms with Gasteiger partial charge in [-0.05, 0) is 141 Å². The van der Waals surface area contributed by atoms with Gasteiger partial charge < -0.3 is 10.2 Å². The lowest BCUT2D eigenvalue weighted by molar-refractivity contribution is -0.173.